The largest absolute Gasteiger partial charge is 0.392 e. The van der Waals surface area contributed by atoms with E-state index in [1.807, 2.05) is 0 Å². The highest BCUT2D eigenvalue weighted by Gasteiger charge is 2.51. The lowest BCUT2D eigenvalue weighted by atomic mass is 9.66. The summed E-state index contributed by atoms with van der Waals surface area (Å²) in [7, 11) is 1.70. The van der Waals surface area contributed by atoms with Gasteiger partial charge in [0, 0.05) is 58.0 Å². The Balaban J connectivity index is 1.47. The number of hydrogen-bond donors (Lipinski definition) is 1. The minimum atomic E-state index is -0.302. The van der Waals surface area contributed by atoms with Gasteiger partial charge >= 0.3 is 0 Å². The van der Waals surface area contributed by atoms with Gasteiger partial charge in [0.2, 0.25) is 5.91 Å². The van der Waals surface area contributed by atoms with E-state index in [9.17, 15) is 9.90 Å². The van der Waals surface area contributed by atoms with Crippen LogP contribution in [0, 0.1) is 10.8 Å². The van der Waals surface area contributed by atoms with Crippen LogP contribution >= 0.6 is 0 Å². The number of carbonyl (C=O) groups is 1. The molecule has 1 N–H and O–H groups in total. The fourth-order valence-corrected chi connectivity index (χ4v) is 5.91. The second-order valence-corrected chi connectivity index (χ2v) is 9.38. The zero-order valence-corrected chi connectivity index (χ0v) is 16.8. The number of carbonyl (C=O) groups excluding carboxylic acids is 1. The van der Waals surface area contributed by atoms with Crippen LogP contribution in [0.3, 0.4) is 0 Å². The van der Waals surface area contributed by atoms with Crippen LogP contribution in [0.5, 0.6) is 0 Å². The summed E-state index contributed by atoms with van der Waals surface area (Å²) in [4.78, 5) is 18.0. The first-order chi connectivity index (χ1) is 13.1. The van der Waals surface area contributed by atoms with E-state index in [1.54, 1.807) is 7.11 Å². The van der Waals surface area contributed by atoms with Gasteiger partial charge in [0.05, 0.1) is 18.1 Å². The molecule has 0 bridgehead atoms. The van der Waals surface area contributed by atoms with Gasteiger partial charge in [-0.25, -0.2) is 0 Å². The predicted molar refractivity (Wildman–Crippen MR) is 102 cm³/mol. The third-order valence-electron chi connectivity index (χ3n) is 7.70. The van der Waals surface area contributed by atoms with E-state index < -0.39 is 0 Å². The lowest BCUT2D eigenvalue weighted by molar-refractivity contribution is -0.162. The summed E-state index contributed by atoms with van der Waals surface area (Å²) in [5.41, 5.74) is -0.463. The van der Waals surface area contributed by atoms with Gasteiger partial charge in [0.1, 0.15) is 0 Å². The topological polar surface area (TPSA) is 62.2 Å². The van der Waals surface area contributed by atoms with Crippen molar-refractivity contribution in [3.63, 3.8) is 0 Å². The van der Waals surface area contributed by atoms with Crippen molar-refractivity contribution >= 4 is 5.91 Å². The predicted octanol–water partition coefficient (Wildman–Crippen LogP) is 1.66. The molecular formula is C21H36N2O4. The number of methoxy groups -OCH3 is 1. The molecule has 6 heteroatoms. The minimum absolute atomic E-state index is 0.164. The van der Waals surface area contributed by atoms with Crippen molar-refractivity contribution in [2.45, 2.75) is 63.5 Å². The van der Waals surface area contributed by atoms with Crippen LogP contribution in [0.4, 0.5) is 0 Å². The Morgan fingerprint density at radius 2 is 1.89 bits per heavy atom. The van der Waals surface area contributed by atoms with Crippen LogP contribution in [0.1, 0.15) is 51.4 Å². The summed E-state index contributed by atoms with van der Waals surface area (Å²) in [6.07, 6.45) is 7.72. The summed E-state index contributed by atoms with van der Waals surface area (Å²) in [6.45, 7) is 5.65. The number of hydrogen-bond acceptors (Lipinski definition) is 5. The summed E-state index contributed by atoms with van der Waals surface area (Å²) in [6, 6.07) is 0.570. The SMILES string of the molecule is COCC1(C(=O)N2CCC[C@]3(C2)CN(C2CCOCC2)CCC3O)CCC1. The molecule has 1 amide bonds. The van der Waals surface area contributed by atoms with E-state index in [4.69, 9.17) is 9.47 Å². The molecule has 0 radical (unpaired) electrons. The maximum atomic E-state index is 13.3. The monoisotopic (exact) mass is 380 g/mol. The van der Waals surface area contributed by atoms with E-state index in [2.05, 4.69) is 9.80 Å². The van der Waals surface area contributed by atoms with Gasteiger partial charge in [-0.1, -0.05) is 6.42 Å². The van der Waals surface area contributed by atoms with E-state index in [1.165, 1.54) is 0 Å². The molecule has 1 aliphatic carbocycles. The Labute approximate surface area is 163 Å². The molecule has 6 nitrogen and oxygen atoms in total. The Morgan fingerprint density at radius 1 is 1.11 bits per heavy atom. The quantitative estimate of drug-likeness (QED) is 0.804. The lowest BCUT2D eigenvalue weighted by Crippen LogP contribution is -2.63. The van der Waals surface area contributed by atoms with Crippen molar-refractivity contribution in [1.29, 1.82) is 0 Å². The Kier molecular flexibility index (Phi) is 5.79. The molecule has 1 saturated carbocycles. The molecular weight excluding hydrogens is 344 g/mol. The van der Waals surface area contributed by atoms with Gasteiger partial charge in [-0.2, -0.15) is 0 Å². The average Bonchev–Trinajstić information content (AvgIpc) is 2.67. The smallest absolute Gasteiger partial charge is 0.231 e. The second kappa shape index (κ2) is 7.97. The van der Waals surface area contributed by atoms with Crippen molar-refractivity contribution in [1.82, 2.24) is 9.80 Å². The molecule has 3 saturated heterocycles. The maximum absolute atomic E-state index is 13.3. The zero-order valence-electron chi connectivity index (χ0n) is 16.8. The zero-order chi connectivity index (χ0) is 18.9. The first kappa shape index (κ1) is 19.6. The Bertz CT molecular complexity index is 532. The van der Waals surface area contributed by atoms with Crippen LogP contribution in [0.2, 0.25) is 0 Å². The Morgan fingerprint density at radius 3 is 2.56 bits per heavy atom. The molecule has 1 spiro atoms. The number of ether oxygens (including phenoxy) is 2. The summed E-state index contributed by atoms with van der Waals surface area (Å²) >= 11 is 0. The molecule has 4 fully saturated rings. The van der Waals surface area contributed by atoms with Crippen molar-refractivity contribution in [2.75, 3.05) is 53.1 Å². The fourth-order valence-electron chi connectivity index (χ4n) is 5.91. The molecule has 3 heterocycles. The third kappa shape index (κ3) is 3.66. The van der Waals surface area contributed by atoms with Gasteiger partial charge in [0.15, 0.2) is 0 Å². The molecule has 2 atom stereocenters. The molecule has 0 aromatic carbocycles. The molecule has 1 unspecified atom stereocenters. The van der Waals surface area contributed by atoms with E-state index in [0.717, 1.165) is 84.2 Å². The standard InChI is InChI=1S/C21H36N2O4/c1-26-16-20(7-2-8-20)19(25)23-10-3-9-21(15-23)14-22(11-4-18(21)24)17-5-12-27-13-6-17/h17-18,24H,2-16H2,1H3/t18?,21-/m1/s1. The van der Waals surface area contributed by atoms with Crippen molar-refractivity contribution < 1.29 is 19.4 Å². The maximum Gasteiger partial charge on any atom is 0.231 e. The van der Waals surface area contributed by atoms with Crippen molar-refractivity contribution in [3.8, 4) is 0 Å². The number of likely N-dealkylation sites (tertiary alicyclic amines) is 2. The first-order valence-corrected chi connectivity index (χ1v) is 10.9. The first-order valence-electron chi connectivity index (χ1n) is 10.9. The van der Waals surface area contributed by atoms with Gasteiger partial charge in [-0.05, 0) is 44.9 Å². The molecule has 27 heavy (non-hydrogen) atoms. The van der Waals surface area contributed by atoms with E-state index in [0.29, 0.717) is 19.2 Å². The highest BCUT2D eigenvalue weighted by Crippen LogP contribution is 2.46. The number of rotatable bonds is 4. The van der Waals surface area contributed by atoms with E-state index in [-0.39, 0.29) is 22.8 Å². The average molecular weight is 381 g/mol. The van der Waals surface area contributed by atoms with Gasteiger partial charge in [0.25, 0.3) is 0 Å². The number of nitrogens with zero attached hydrogens (tertiary/aromatic N) is 2. The van der Waals surface area contributed by atoms with Crippen molar-refractivity contribution in [2.24, 2.45) is 10.8 Å². The fraction of sp³-hybridized carbons (Fsp3) is 0.952. The van der Waals surface area contributed by atoms with E-state index >= 15 is 0 Å². The Hall–Kier alpha value is -0.690. The van der Waals surface area contributed by atoms with Gasteiger partial charge in [-0.15, -0.1) is 0 Å². The number of aliphatic hydroxyl groups excluding tert-OH is 1. The number of aliphatic hydroxyl groups is 1. The molecule has 3 aliphatic heterocycles. The third-order valence-corrected chi connectivity index (χ3v) is 7.70. The molecule has 0 aromatic heterocycles. The normalized spacial score (nSPS) is 35.2. The number of amides is 1. The van der Waals surface area contributed by atoms with Crippen molar-refractivity contribution in [3.05, 3.63) is 0 Å². The van der Waals surface area contributed by atoms with Crippen LogP contribution in [-0.4, -0.2) is 86.1 Å². The van der Waals surface area contributed by atoms with Crippen LogP contribution in [0.25, 0.3) is 0 Å². The highest BCUT2D eigenvalue weighted by molar-refractivity contribution is 5.84. The molecule has 154 valence electrons. The molecule has 0 aromatic rings. The lowest BCUT2D eigenvalue weighted by Gasteiger charge is -2.54. The second-order valence-electron chi connectivity index (χ2n) is 9.38. The summed E-state index contributed by atoms with van der Waals surface area (Å²) in [5, 5.41) is 11.0. The minimum Gasteiger partial charge on any atom is -0.392 e. The highest BCUT2D eigenvalue weighted by atomic mass is 16.5. The van der Waals surface area contributed by atoms with Crippen LogP contribution in [0.15, 0.2) is 0 Å². The van der Waals surface area contributed by atoms with Gasteiger partial charge in [-0.3, -0.25) is 9.69 Å². The molecule has 4 rings (SSSR count). The summed E-state index contributed by atoms with van der Waals surface area (Å²) < 4.78 is 10.9. The van der Waals surface area contributed by atoms with Crippen LogP contribution in [-0.2, 0) is 14.3 Å². The van der Waals surface area contributed by atoms with Gasteiger partial charge < -0.3 is 19.5 Å². The van der Waals surface area contributed by atoms with Crippen LogP contribution < -0.4 is 0 Å². The number of piperidine rings is 2. The molecule has 4 aliphatic rings. The summed E-state index contributed by atoms with van der Waals surface area (Å²) in [5.74, 6) is 0.269.